The van der Waals surface area contributed by atoms with Crippen LogP contribution >= 0.6 is 11.5 Å². The number of tetrazole rings is 1. The first-order valence-corrected chi connectivity index (χ1v) is 9.71. The quantitative estimate of drug-likeness (QED) is 0.433. The molecule has 0 bridgehead atoms. The summed E-state index contributed by atoms with van der Waals surface area (Å²) >= 11 is 1.29. The number of hydrogen-bond donors (Lipinski definition) is 2. The lowest BCUT2D eigenvalue weighted by molar-refractivity contribution is 0.0951. The molecule has 0 aliphatic rings. The van der Waals surface area contributed by atoms with E-state index in [-0.39, 0.29) is 5.91 Å². The zero-order valence-corrected chi connectivity index (χ0v) is 16.4. The summed E-state index contributed by atoms with van der Waals surface area (Å²) in [6.45, 7) is 2.87. The number of nitrogens with one attached hydrogen (secondary N) is 2. The van der Waals surface area contributed by atoms with Crippen LogP contribution in [0.5, 0.6) is 0 Å². The van der Waals surface area contributed by atoms with Crippen LogP contribution in [0, 0.1) is 6.92 Å². The number of carbonyl (C=O) groups is 1. The van der Waals surface area contributed by atoms with E-state index in [1.165, 1.54) is 11.5 Å². The van der Waals surface area contributed by atoms with Crippen molar-refractivity contribution in [3.63, 3.8) is 0 Å². The molecular formula is C17H18N10OS. The molecule has 4 aromatic rings. The Morgan fingerprint density at radius 3 is 2.76 bits per heavy atom. The van der Waals surface area contributed by atoms with E-state index in [0.29, 0.717) is 37.3 Å². The van der Waals surface area contributed by atoms with Crippen LogP contribution in [-0.4, -0.2) is 51.1 Å². The third-order valence-electron chi connectivity index (χ3n) is 4.30. The summed E-state index contributed by atoms with van der Waals surface area (Å²) in [6.07, 6.45) is 3.23. The van der Waals surface area contributed by atoms with Gasteiger partial charge in [0, 0.05) is 24.6 Å². The lowest BCUT2D eigenvalue weighted by Gasteiger charge is -2.05. The maximum Gasteiger partial charge on any atom is 0.251 e. The standard InChI is InChI=1S/C17H18N10OS/c1-11-15(29-26-19-11)8-18-17(28)13-4-2-12(3-5-13)9-27-10-14(20-25-27)6-7-16-21-23-24-22-16/h2-5,10H,6-9H2,1H3,(H,18,28)(H,21,22,23,24). The summed E-state index contributed by atoms with van der Waals surface area (Å²) in [5, 5.41) is 28.9. The number of benzene rings is 1. The number of aromatic amines is 1. The SMILES string of the molecule is Cc1nnsc1CNC(=O)c1ccc(Cn2cc(CCc3nn[nH]n3)nn2)cc1. The summed E-state index contributed by atoms with van der Waals surface area (Å²) in [4.78, 5) is 13.3. The van der Waals surface area contributed by atoms with Gasteiger partial charge in [0.2, 0.25) is 0 Å². The highest BCUT2D eigenvalue weighted by molar-refractivity contribution is 7.05. The van der Waals surface area contributed by atoms with Crippen LogP contribution in [0.25, 0.3) is 0 Å². The first-order chi connectivity index (χ1) is 14.2. The van der Waals surface area contributed by atoms with Crippen LogP contribution in [0.15, 0.2) is 30.5 Å². The summed E-state index contributed by atoms with van der Waals surface area (Å²) in [6, 6.07) is 7.43. The van der Waals surface area contributed by atoms with Gasteiger partial charge in [0.05, 0.1) is 29.4 Å². The largest absolute Gasteiger partial charge is 0.347 e. The van der Waals surface area contributed by atoms with Gasteiger partial charge in [-0.1, -0.05) is 27.0 Å². The maximum atomic E-state index is 12.3. The molecule has 4 rings (SSSR count). The first-order valence-electron chi connectivity index (χ1n) is 8.93. The van der Waals surface area contributed by atoms with Gasteiger partial charge in [-0.15, -0.1) is 20.4 Å². The number of carbonyl (C=O) groups excluding carboxylic acids is 1. The van der Waals surface area contributed by atoms with Crippen molar-refractivity contribution in [2.24, 2.45) is 0 Å². The van der Waals surface area contributed by atoms with Crippen molar-refractivity contribution in [3.05, 3.63) is 63.7 Å². The first kappa shape index (κ1) is 18.8. The van der Waals surface area contributed by atoms with Crippen LogP contribution in [0.4, 0.5) is 0 Å². The van der Waals surface area contributed by atoms with Gasteiger partial charge < -0.3 is 5.32 Å². The van der Waals surface area contributed by atoms with Crippen LogP contribution in [0.1, 0.15) is 38.0 Å². The number of H-pyrrole nitrogens is 1. The average molecular weight is 410 g/mol. The highest BCUT2D eigenvalue weighted by Gasteiger charge is 2.09. The van der Waals surface area contributed by atoms with Gasteiger partial charge in [0.15, 0.2) is 5.82 Å². The van der Waals surface area contributed by atoms with E-state index < -0.39 is 0 Å². The predicted molar refractivity (Wildman–Crippen MR) is 103 cm³/mol. The number of amides is 1. The van der Waals surface area contributed by atoms with Gasteiger partial charge in [-0.3, -0.25) is 4.79 Å². The molecule has 1 amide bonds. The summed E-state index contributed by atoms with van der Waals surface area (Å²) in [7, 11) is 0. The molecule has 2 N–H and O–H groups in total. The Bertz CT molecular complexity index is 1070. The van der Waals surface area contributed by atoms with E-state index in [1.807, 2.05) is 25.3 Å². The Morgan fingerprint density at radius 1 is 1.17 bits per heavy atom. The van der Waals surface area contributed by atoms with Gasteiger partial charge in [-0.25, -0.2) is 4.68 Å². The Hall–Kier alpha value is -3.54. The van der Waals surface area contributed by atoms with Crippen molar-refractivity contribution in [1.82, 2.24) is 50.5 Å². The topological polar surface area (TPSA) is 140 Å². The van der Waals surface area contributed by atoms with E-state index in [4.69, 9.17) is 0 Å². The predicted octanol–water partition coefficient (Wildman–Crippen LogP) is 0.715. The minimum absolute atomic E-state index is 0.131. The van der Waals surface area contributed by atoms with E-state index in [0.717, 1.165) is 21.8 Å². The van der Waals surface area contributed by atoms with E-state index in [2.05, 4.69) is 45.8 Å². The number of nitrogens with zero attached hydrogens (tertiary/aromatic N) is 8. The fourth-order valence-electron chi connectivity index (χ4n) is 2.68. The average Bonchev–Trinajstić information content (AvgIpc) is 3.48. The molecule has 0 radical (unpaired) electrons. The molecule has 0 atom stereocenters. The van der Waals surface area contributed by atoms with Crippen molar-refractivity contribution in [2.75, 3.05) is 0 Å². The molecule has 11 nitrogen and oxygen atoms in total. The summed E-state index contributed by atoms with van der Waals surface area (Å²) < 4.78 is 5.63. The maximum absolute atomic E-state index is 12.3. The zero-order chi connectivity index (χ0) is 20.1. The Labute approximate surface area is 169 Å². The molecule has 0 aliphatic carbocycles. The van der Waals surface area contributed by atoms with E-state index in [9.17, 15) is 4.79 Å². The molecule has 0 fully saturated rings. The minimum atomic E-state index is -0.131. The fraction of sp³-hybridized carbons (Fsp3) is 0.294. The monoisotopic (exact) mass is 410 g/mol. The summed E-state index contributed by atoms with van der Waals surface area (Å²) in [5.74, 6) is 0.518. The second kappa shape index (κ2) is 8.65. The smallest absolute Gasteiger partial charge is 0.251 e. The molecule has 3 heterocycles. The molecule has 12 heteroatoms. The summed E-state index contributed by atoms with van der Waals surface area (Å²) in [5.41, 5.74) is 3.33. The molecule has 0 unspecified atom stereocenters. The number of aromatic nitrogens is 9. The molecule has 0 aliphatic heterocycles. The fourth-order valence-corrected chi connectivity index (χ4v) is 3.25. The molecule has 29 heavy (non-hydrogen) atoms. The normalized spacial score (nSPS) is 10.9. The van der Waals surface area contributed by atoms with Gasteiger partial charge in [0.25, 0.3) is 5.91 Å². The molecule has 148 valence electrons. The van der Waals surface area contributed by atoms with Crippen molar-refractivity contribution in [2.45, 2.75) is 32.9 Å². The van der Waals surface area contributed by atoms with E-state index >= 15 is 0 Å². The van der Waals surface area contributed by atoms with Gasteiger partial charge in [-0.05, 0) is 36.2 Å². The zero-order valence-electron chi connectivity index (χ0n) is 15.6. The lowest BCUT2D eigenvalue weighted by atomic mass is 10.1. The highest BCUT2D eigenvalue weighted by Crippen LogP contribution is 2.10. The third-order valence-corrected chi connectivity index (χ3v) is 5.12. The molecular weight excluding hydrogens is 392 g/mol. The lowest BCUT2D eigenvalue weighted by Crippen LogP contribution is -2.22. The number of rotatable bonds is 8. The van der Waals surface area contributed by atoms with Crippen LogP contribution in [-0.2, 0) is 25.9 Å². The molecule has 0 spiro atoms. The Kier molecular flexibility index (Phi) is 5.61. The van der Waals surface area contributed by atoms with Crippen molar-refractivity contribution in [1.29, 1.82) is 0 Å². The van der Waals surface area contributed by atoms with Crippen molar-refractivity contribution < 1.29 is 4.79 Å². The van der Waals surface area contributed by atoms with Crippen LogP contribution in [0.3, 0.4) is 0 Å². The third kappa shape index (κ3) is 4.85. The number of hydrogen-bond acceptors (Lipinski definition) is 9. The van der Waals surface area contributed by atoms with Gasteiger partial charge in [-0.2, -0.15) is 5.21 Å². The van der Waals surface area contributed by atoms with Crippen molar-refractivity contribution >= 4 is 17.4 Å². The molecule has 3 aromatic heterocycles. The van der Waals surface area contributed by atoms with Crippen LogP contribution in [0.2, 0.25) is 0 Å². The molecule has 0 saturated heterocycles. The Balaban J connectivity index is 1.30. The van der Waals surface area contributed by atoms with E-state index in [1.54, 1.807) is 16.8 Å². The molecule has 0 saturated carbocycles. The highest BCUT2D eigenvalue weighted by atomic mass is 32.1. The van der Waals surface area contributed by atoms with Gasteiger partial charge >= 0.3 is 0 Å². The van der Waals surface area contributed by atoms with Gasteiger partial charge in [0.1, 0.15) is 0 Å². The Morgan fingerprint density at radius 2 is 2.03 bits per heavy atom. The van der Waals surface area contributed by atoms with Crippen molar-refractivity contribution in [3.8, 4) is 0 Å². The second-order valence-corrected chi connectivity index (χ2v) is 7.24. The minimum Gasteiger partial charge on any atom is -0.347 e. The molecule has 1 aromatic carbocycles. The second-order valence-electron chi connectivity index (χ2n) is 6.40. The van der Waals surface area contributed by atoms with Crippen LogP contribution < -0.4 is 5.32 Å². The number of aryl methyl sites for hydroxylation is 3.